The van der Waals surface area contributed by atoms with E-state index in [1.807, 2.05) is 6.92 Å². The Kier molecular flexibility index (Phi) is 5.76. The average Bonchev–Trinajstić information content (AvgIpc) is 2.37. The summed E-state index contributed by atoms with van der Waals surface area (Å²) >= 11 is 5.84. The van der Waals surface area contributed by atoms with Crippen molar-refractivity contribution in [2.45, 2.75) is 13.3 Å². The predicted octanol–water partition coefficient (Wildman–Crippen LogP) is 2.50. The molecule has 6 heteroatoms. The Balaban J connectivity index is 3.02. The van der Waals surface area contributed by atoms with Gasteiger partial charge < -0.3 is 9.64 Å². The first kappa shape index (κ1) is 15.4. The lowest BCUT2D eigenvalue weighted by Gasteiger charge is -2.21. The molecular weight excluding hydrogens is 273 g/mol. The Bertz CT molecular complexity index is 459. The third kappa shape index (κ3) is 3.92. The number of carbonyl (C=O) groups excluding carboxylic acids is 2. The van der Waals surface area contributed by atoms with E-state index in [4.69, 9.17) is 11.6 Å². The van der Waals surface area contributed by atoms with Gasteiger partial charge in [0.2, 0.25) is 0 Å². The molecule has 0 heterocycles. The summed E-state index contributed by atoms with van der Waals surface area (Å²) < 4.78 is 18.2. The third-order valence-corrected chi connectivity index (χ3v) is 2.82. The van der Waals surface area contributed by atoms with Crippen LogP contribution in [0.25, 0.3) is 0 Å². The number of ether oxygens (including phenoxy) is 1. The number of halogens is 2. The lowest BCUT2D eigenvalue weighted by Crippen LogP contribution is -2.37. The smallest absolute Gasteiger partial charge is 0.325 e. The number of hydrogen-bond acceptors (Lipinski definition) is 3. The predicted molar refractivity (Wildman–Crippen MR) is 69.6 cm³/mol. The van der Waals surface area contributed by atoms with Crippen molar-refractivity contribution in [1.29, 1.82) is 0 Å². The fourth-order valence-electron chi connectivity index (χ4n) is 1.60. The molecule has 0 aliphatic rings. The van der Waals surface area contributed by atoms with Gasteiger partial charge in [0, 0.05) is 6.54 Å². The second-order valence-corrected chi connectivity index (χ2v) is 4.31. The number of benzene rings is 1. The zero-order valence-corrected chi connectivity index (χ0v) is 11.5. The van der Waals surface area contributed by atoms with Gasteiger partial charge in [-0.3, -0.25) is 9.59 Å². The molecule has 1 aromatic carbocycles. The maximum atomic E-state index is 13.7. The molecule has 1 aromatic rings. The maximum Gasteiger partial charge on any atom is 0.325 e. The van der Waals surface area contributed by atoms with Crippen molar-refractivity contribution >= 4 is 23.5 Å². The summed E-state index contributed by atoms with van der Waals surface area (Å²) in [5.74, 6) is -1.88. The Morgan fingerprint density at radius 3 is 2.63 bits per heavy atom. The van der Waals surface area contributed by atoms with Crippen LogP contribution >= 0.6 is 11.6 Å². The number of hydrogen-bond donors (Lipinski definition) is 0. The van der Waals surface area contributed by atoms with Gasteiger partial charge in [-0.1, -0.05) is 24.6 Å². The molecule has 0 atom stereocenters. The molecule has 0 aromatic heterocycles. The largest absolute Gasteiger partial charge is 0.468 e. The molecule has 1 amide bonds. The summed E-state index contributed by atoms with van der Waals surface area (Å²) in [6.45, 7) is 1.94. The normalized spacial score (nSPS) is 10.1. The second kappa shape index (κ2) is 7.09. The molecule has 0 unspecified atom stereocenters. The second-order valence-electron chi connectivity index (χ2n) is 3.90. The van der Waals surface area contributed by atoms with E-state index in [0.717, 1.165) is 6.07 Å². The van der Waals surface area contributed by atoms with Gasteiger partial charge in [-0.2, -0.15) is 0 Å². The van der Waals surface area contributed by atoms with Crippen molar-refractivity contribution in [3.05, 3.63) is 34.6 Å². The van der Waals surface area contributed by atoms with Crippen LogP contribution in [0, 0.1) is 5.82 Å². The van der Waals surface area contributed by atoms with Gasteiger partial charge in [-0.05, 0) is 18.6 Å². The zero-order valence-electron chi connectivity index (χ0n) is 10.8. The lowest BCUT2D eigenvalue weighted by molar-refractivity contribution is -0.141. The molecule has 104 valence electrons. The van der Waals surface area contributed by atoms with Crippen LogP contribution in [0.4, 0.5) is 4.39 Å². The van der Waals surface area contributed by atoms with E-state index in [0.29, 0.717) is 13.0 Å². The van der Waals surface area contributed by atoms with Crippen molar-refractivity contribution in [1.82, 2.24) is 4.90 Å². The summed E-state index contributed by atoms with van der Waals surface area (Å²) in [6.07, 6.45) is 0.634. The Morgan fingerprint density at radius 1 is 1.42 bits per heavy atom. The average molecular weight is 288 g/mol. The first-order valence-corrected chi connectivity index (χ1v) is 6.19. The maximum absolute atomic E-state index is 13.7. The van der Waals surface area contributed by atoms with Crippen molar-refractivity contribution in [2.24, 2.45) is 0 Å². The fourth-order valence-corrected chi connectivity index (χ4v) is 1.85. The van der Waals surface area contributed by atoms with Crippen molar-refractivity contribution in [3.63, 3.8) is 0 Å². The van der Waals surface area contributed by atoms with Gasteiger partial charge in [-0.15, -0.1) is 0 Å². The molecule has 0 fully saturated rings. The van der Waals surface area contributed by atoms with Crippen LogP contribution in [0.3, 0.4) is 0 Å². The van der Waals surface area contributed by atoms with Gasteiger partial charge >= 0.3 is 5.97 Å². The van der Waals surface area contributed by atoms with Gasteiger partial charge in [-0.25, -0.2) is 4.39 Å². The lowest BCUT2D eigenvalue weighted by atomic mass is 10.1. The van der Waals surface area contributed by atoms with E-state index in [9.17, 15) is 14.0 Å². The van der Waals surface area contributed by atoms with Crippen molar-refractivity contribution in [2.75, 3.05) is 20.2 Å². The zero-order chi connectivity index (χ0) is 14.4. The van der Waals surface area contributed by atoms with Gasteiger partial charge in [0.25, 0.3) is 5.91 Å². The number of nitrogens with zero attached hydrogens (tertiary/aromatic N) is 1. The van der Waals surface area contributed by atoms with Crippen molar-refractivity contribution in [3.8, 4) is 0 Å². The van der Waals surface area contributed by atoms with Crippen LogP contribution in [0.15, 0.2) is 18.2 Å². The highest BCUT2D eigenvalue weighted by Crippen LogP contribution is 2.21. The number of amides is 1. The Morgan fingerprint density at radius 2 is 2.11 bits per heavy atom. The molecule has 0 spiro atoms. The topological polar surface area (TPSA) is 46.6 Å². The minimum absolute atomic E-state index is 0.0240. The third-order valence-electron chi connectivity index (χ3n) is 2.50. The van der Waals surface area contributed by atoms with E-state index in [1.54, 1.807) is 0 Å². The van der Waals surface area contributed by atoms with Crippen LogP contribution in [0.5, 0.6) is 0 Å². The first-order chi connectivity index (χ1) is 9.01. The molecule has 0 N–H and O–H groups in total. The molecular formula is C13H15ClFNO3. The molecule has 0 bridgehead atoms. The number of esters is 1. The number of carbonyl (C=O) groups is 2. The van der Waals surface area contributed by atoms with E-state index in [2.05, 4.69) is 4.74 Å². The van der Waals surface area contributed by atoms with Gasteiger partial charge in [0.1, 0.15) is 12.4 Å². The quantitative estimate of drug-likeness (QED) is 0.782. The van der Waals surface area contributed by atoms with Gasteiger partial charge in [0.15, 0.2) is 0 Å². The summed E-state index contributed by atoms with van der Waals surface area (Å²) in [5, 5.41) is 0.0240. The summed E-state index contributed by atoms with van der Waals surface area (Å²) in [5.41, 5.74) is -0.221. The van der Waals surface area contributed by atoms with Gasteiger partial charge in [0.05, 0.1) is 17.7 Å². The molecule has 0 aliphatic heterocycles. The molecule has 4 nitrogen and oxygen atoms in total. The molecule has 1 rings (SSSR count). The van der Waals surface area contributed by atoms with Crippen LogP contribution < -0.4 is 0 Å². The highest BCUT2D eigenvalue weighted by Gasteiger charge is 2.23. The van der Waals surface area contributed by atoms with E-state index in [-0.39, 0.29) is 17.1 Å². The molecule has 0 aliphatic carbocycles. The summed E-state index contributed by atoms with van der Waals surface area (Å²) in [6, 6.07) is 4.00. The van der Waals surface area contributed by atoms with Crippen LogP contribution in [0.2, 0.25) is 5.02 Å². The minimum Gasteiger partial charge on any atom is -0.468 e. The summed E-state index contributed by atoms with van der Waals surface area (Å²) in [4.78, 5) is 24.7. The summed E-state index contributed by atoms with van der Waals surface area (Å²) in [7, 11) is 1.23. The standard InChI is InChI=1S/C13H15ClFNO3/c1-3-7-16(8-11(17)19-2)13(18)12-9(14)5-4-6-10(12)15/h4-6H,3,7-8H2,1-2H3. The van der Waals surface area contributed by atoms with E-state index < -0.39 is 17.7 Å². The number of methoxy groups -OCH3 is 1. The SMILES string of the molecule is CCCN(CC(=O)OC)C(=O)c1c(F)cccc1Cl. The highest BCUT2D eigenvalue weighted by atomic mass is 35.5. The fraction of sp³-hybridized carbons (Fsp3) is 0.385. The molecule has 19 heavy (non-hydrogen) atoms. The van der Waals surface area contributed by atoms with Crippen molar-refractivity contribution < 1.29 is 18.7 Å². The monoisotopic (exact) mass is 287 g/mol. The molecule has 0 radical (unpaired) electrons. The highest BCUT2D eigenvalue weighted by molar-refractivity contribution is 6.33. The van der Waals surface area contributed by atoms with E-state index >= 15 is 0 Å². The first-order valence-electron chi connectivity index (χ1n) is 5.81. The minimum atomic E-state index is -0.705. The molecule has 0 saturated heterocycles. The van der Waals surface area contributed by atoms with E-state index in [1.165, 1.54) is 24.1 Å². The van der Waals surface area contributed by atoms with Crippen LogP contribution in [-0.2, 0) is 9.53 Å². The Labute approximate surface area is 116 Å². The Hall–Kier alpha value is -1.62. The number of rotatable bonds is 5. The van der Waals surface area contributed by atoms with Crippen LogP contribution in [0.1, 0.15) is 23.7 Å². The molecule has 0 saturated carbocycles. The van der Waals surface area contributed by atoms with Crippen LogP contribution in [-0.4, -0.2) is 37.0 Å².